The highest BCUT2D eigenvalue weighted by molar-refractivity contribution is 5.60. The van der Waals surface area contributed by atoms with Crippen molar-refractivity contribution in [3.63, 3.8) is 0 Å². The number of aliphatic hydroxyl groups is 2. The number of ether oxygens (including phenoxy) is 2. The van der Waals surface area contributed by atoms with E-state index >= 15 is 0 Å². The largest absolute Gasteiger partial charge is 0.512 e. The molecular weight excluding hydrogens is 140 g/mol. The molecular formula is C5H10O5. The van der Waals surface area contributed by atoms with Gasteiger partial charge in [-0.1, -0.05) is 0 Å². The van der Waals surface area contributed by atoms with Crippen molar-refractivity contribution in [2.75, 3.05) is 6.79 Å². The molecule has 0 aromatic rings. The maximum atomic E-state index is 10.3. The molecule has 2 N–H and O–H groups in total. The van der Waals surface area contributed by atoms with Crippen LogP contribution in [0.3, 0.4) is 0 Å². The van der Waals surface area contributed by atoms with E-state index in [0.717, 1.165) is 0 Å². The van der Waals surface area contributed by atoms with Gasteiger partial charge >= 0.3 is 6.16 Å². The van der Waals surface area contributed by atoms with Crippen LogP contribution < -0.4 is 0 Å². The molecule has 0 amide bonds. The molecule has 0 saturated heterocycles. The molecule has 0 bridgehead atoms. The van der Waals surface area contributed by atoms with Crippen LogP contribution >= 0.6 is 0 Å². The Bertz CT molecular complexity index is 114. The zero-order valence-electron chi connectivity index (χ0n) is 5.83. The topological polar surface area (TPSA) is 76.0 Å². The summed E-state index contributed by atoms with van der Waals surface area (Å²) < 4.78 is 8.16. The lowest BCUT2D eigenvalue weighted by atomic mass is 10.4. The van der Waals surface area contributed by atoms with Crippen LogP contribution in [-0.2, 0) is 9.47 Å². The SMILES string of the molecule is CC(C)(O)OC(=O)OCO. The third kappa shape index (κ3) is 5.33. The van der Waals surface area contributed by atoms with Gasteiger partial charge in [-0.2, -0.15) is 0 Å². The molecule has 0 radical (unpaired) electrons. The van der Waals surface area contributed by atoms with E-state index in [9.17, 15) is 4.79 Å². The lowest BCUT2D eigenvalue weighted by Crippen LogP contribution is -2.27. The van der Waals surface area contributed by atoms with Crippen LogP contribution in [0.15, 0.2) is 0 Å². The van der Waals surface area contributed by atoms with Crippen LogP contribution in [-0.4, -0.2) is 28.9 Å². The molecule has 0 saturated carbocycles. The summed E-state index contributed by atoms with van der Waals surface area (Å²) in [4.78, 5) is 10.3. The molecule has 0 atom stereocenters. The standard InChI is InChI=1S/C5H10O5/c1-5(2,8)10-4(7)9-3-6/h6,8H,3H2,1-2H3. The first kappa shape index (κ1) is 9.19. The molecule has 0 aromatic carbocycles. The Balaban J connectivity index is 3.58. The third-order valence-electron chi connectivity index (χ3n) is 0.516. The molecule has 0 aliphatic carbocycles. The van der Waals surface area contributed by atoms with Gasteiger partial charge in [0, 0.05) is 13.8 Å². The highest BCUT2D eigenvalue weighted by Gasteiger charge is 2.18. The molecule has 0 fully saturated rings. The van der Waals surface area contributed by atoms with Crippen LogP contribution in [0.2, 0.25) is 0 Å². The summed E-state index contributed by atoms with van der Waals surface area (Å²) in [6.45, 7) is 1.78. The lowest BCUT2D eigenvalue weighted by Gasteiger charge is -2.16. The number of carbonyl (C=O) groups is 1. The molecule has 0 aromatic heterocycles. The number of carbonyl (C=O) groups excluding carboxylic acids is 1. The number of aliphatic hydroxyl groups excluding tert-OH is 1. The van der Waals surface area contributed by atoms with Crippen LogP contribution in [0.4, 0.5) is 4.79 Å². The first-order valence-electron chi connectivity index (χ1n) is 2.65. The monoisotopic (exact) mass is 150 g/mol. The van der Waals surface area contributed by atoms with Crippen LogP contribution in [0.5, 0.6) is 0 Å². The van der Waals surface area contributed by atoms with E-state index < -0.39 is 18.7 Å². The van der Waals surface area contributed by atoms with E-state index in [-0.39, 0.29) is 0 Å². The Hall–Kier alpha value is -0.810. The van der Waals surface area contributed by atoms with Crippen LogP contribution in [0.1, 0.15) is 13.8 Å². The van der Waals surface area contributed by atoms with Crippen molar-refractivity contribution in [2.24, 2.45) is 0 Å². The van der Waals surface area contributed by atoms with E-state index in [1.165, 1.54) is 13.8 Å². The molecule has 0 aliphatic rings. The van der Waals surface area contributed by atoms with Gasteiger partial charge < -0.3 is 19.7 Å². The van der Waals surface area contributed by atoms with Crippen molar-refractivity contribution >= 4 is 6.16 Å². The van der Waals surface area contributed by atoms with E-state index in [2.05, 4.69) is 9.47 Å². The summed E-state index contributed by atoms with van der Waals surface area (Å²) in [6.07, 6.45) is -1.10. The second-order valence-electron chi connectivity index (χ2n) is 2.07. The van der Waals surface area contributed by atoms with Gasteiger partial charge in [0.05, 0.1) is 0 Å². The molecule has 5 nitrogen and oxygen atoms in total. The fourth-order valence-electron chi connectivity index (χ4n) is 0.286. The molecule has 0 rings (SSSR count). The second-order valence-corrected chi connectivity index (χ2v) is 2.07. The molecule has 0 aliphatic heterocycles. The van der Waals surface area contributed by atoms with Gasteiger partial charge in [-0.25, -0.2) is 4.79 Å². The Labute approximate surface area is 58.2 Å². The van der Waals surface area contributed by atoms with Gasteiger partial charge in [-0.3, -0.25) is 0 Å². The molecule has 0 heterocycles. The summed E-state index contributed by atoms with van der Waals surface area (Å²) in [7, 11) is 0. The third-order valence-corrected chi connectivity index (χ3v) is 0.516. The van der Waals surface area contributed by atoms with Crippen LogP contribution in [0, 0.1) is 0 Å². The van der Waals surface area contributed by atoms with E-state index in [1.807, 2.05) is 0 Å². The van der Waals surface area contributed by atoms with Crippen molar-refractivity contribution in [1.29, 1.82) is 0 Å². The first-order valence-corrected chi connectivity index (χ1v) is 2.65. The highest BCUT2D eigenvalue weighted by Crippen LogP contribution is 2.03. The average Bonchev–Trinajstić information content (AvgIpc) is 1.59. The predicted octanol–water partition coefficient (Wildman–Crippen LogP) is -0.182. The molecule has 10 heavy (non-hydrogen) atoms. The zero-order chi connectivity index (χ0) is 8.20. The van der Waals surface area contributed by atoms with E-state index in [0.29, 0.717) is 0 Å². The maximum absolute atomic E-state index is 10.3. The Morgan fingerprint density at radius 1 is 1.60 bits per heavy atom. The van der Waals surface area contributed by atoms with Gasteiger partial charge in [0.15, 0.2) is 6.79 Å². The average molecular weight is 150 g/mol. The Morgan fingerprint density at radius 2 is 2.10 bits per heavy atom. The van der Waals surface area contributed by atoms with Crippen molar-refractivity contribution in [1.82, 2.24) is 0 Å². The quantitative estimate of drug-likeness (QED) is 0.421. The number of hydrogen-bond acceptors (Lipinski definition) is 5. The normalized spacial score (nSPS) is 10.8. The van der Waals surface area contributed by atoms with Crippen molar-refractivity contribution < 1.29 is 24.5 Å². The van der Waals surface area contributed by atoms with Gasteiger partial charge in [-0.05, 0) is 0 Å². The minimum atomic E-state index is -1.56. The van der Waals surface area contributed by atoms with E-state index in [4.69, 9.17) is 10.2 Å². The molecule has 0 unspecified atom stereocenters. The predicted molar refractivity (Wildman–Crippen MR) is 30.9 cm³/mol. The highest BCUT2D eigenvalue weighted by atomic mass is 16.8. The van der Waals surface area contributed by atoms with Crippen molar-refractivity contribution in [2.45, 2.75) is 19.6 Å². The fourth-order valence-corrected chi connectivity index (χ4v) is 0.286. The minimum Gasteiger partial charge on any atom is -0.407 e. The first-order chi connectivity index (χ1) is 4.45. The van der Waals surface area contributed by atoms with Gasteiger partial charge in [0.25, 0.3) is 0 Å². The van der Waals surface area contributed by atoms with E-state index in [1.54, 1.807) is 0 Å². The second kappa shape index (κ2) is 3.38. The maximum Gasteiger partial charge on any atom is 0.512 e. The minimum absolute atomic E-state index is 0.755. The Morgan fingerprint density at radius 3 is 2.40 bits per heavy atom. The molecule has 0 spiro atoms. The molecule has 5 heteroatoms. The zero-order valence-corrected chi connectivity index (χ0v) is 5.83. The fraction of sp³-hybridized carbons (Fsp3) is 0.800. The van der Waals surface area contributed by atoms with Crippen LogP contribution in [0.25, 0.3) is 0 Å². The summed E-state index contributed by atoms with van der Waals surface area (Å²) in [5, 5.41) is 16.8. The van der Waals surface area contributed by atoms with Gasteiger partial charge in [-0.15, -0.1) is 0 Å². The summed E-state index contributed by atoms with van der Waals surface area (Å²) in [5.41, 5.74) is 0. The molecule has 60 valence electrons. The smallest absolute Gasteiger partial charge is 0.407 e. The Kier molecular flexibility index (Phi) is 3.11. The number of hydrogen-bond donors (Lipinski definition) is 2. The summed E-state index contributed by atoms with van der Waals surface area (Å²) in [5.74, 6) is -1.56. The lowest BCUT2D eigenvalue weighted by molar-refractivity contribution is -0.156. The summed E-state index contributed by atoms with van der Waals surface area (Å²) >= 11 is 0. The van der Waals surface area contributed by atoms with Crippen molar-refractivity contribution in [3.8, 4) is 0 Å². The van der Waals surface area contributed by atoms with Crippen molar-refractivity contribution in [3.05, 3.63) is 0 Å². The summed E-state index contributed by atoms with van der Waals surface area (Å²) in [6, 6.07) is 0. The van der Waals surface area contributed by atoms with Gasteiger partial charge in [0.2, 0.25) is 5.79 Å². The van der Waals surface area contributed by atoms with Gasteiger partial charge in [0.1, 0.15) is 0 Å². The number of rotatable bonds is 2.